The molecule has 0 aromatic heterocycles. The van der Waals surface area contributed by atoms with E-state index in [4.69, 9.17) is 4.74 Å². The summed E-state index contributed by atoms with van der Waals surface area (Å²) in [6, 6.07) is 6.84. The van der Waals surface area contributed by atoms with E-state index in [-0.39, 0.29) is 0 Å². The van der Waals surface area contributed by atoms with Gasteiger partial charge in [0, 0.05) is 0 Å². The highest BCUT2D eigenvalue weighted by atomic mass is 16.5. The SMILES string of the molecule is COc1cc(CC(C)(C)C)cc(C2CCCC2)c1. The second kappa shape index (κ2) is 5.34. The van der Waals surface area contributed by atoms with Crippen LogP contribution in [0.4, 0.5) is 0 Å². The second-order valence-electron chi connectivity index (χ2n) is 6.83. The van der Waals surface area contributed by atoms with Crippen LogP contribution in [0.3, 0.4) is 0 Å². The predicted octanol–water partition coefficient (Wildman–Crippen LogP) is 4.94. The van der Waals surface area contributed by atoms with Gasteiger partial charge in [-0.3, -0.25) is 0 Å². The molecule has 1 aliphatic rings. The number of hydrogen-bond donors (Lipinski definition) is 0. The largest absolute Gasteiger partial charge is 0.497 e. The maximum atomic E-state index is 5.47. The van der Waals surface area contributed by atoms with E-state index in [2.05, 4.69) is 39.0 Å². The van der Waals surface area contributed by atoms with Crippen molar-refractivity contribution in [3.63, 3.8) is 0 Å². The van der Waals surface area contributed by atoms with Gasteiger partial charge in [-0.25, -0.2) is 0 Å². The van der Waals surface area contributed by atoms with Gasteiger partial charge in [0.25, 0.3) is 0 Å². The van der Waals surface area contributed by atoms with Crippen LogP contribution in [0.5, 0.6) is 5.75 Å². The molecule has 1 fully saturated rings. The van der Waals surface area contributed by atoms with Gasteiger partial charge in [0.1, 0.15) is 5.75 Å². The molecule has 2 rings (SSSR count). The fourth-order valence-electron chi connectivity index (χ4n) is 3.01. The normalized spacial score (nSPS) is 17.1. The summed E-state index contributed by atoms with van der Waals surface area (Å²) in [5.74, 6) is 1.79. The molecule has 0 radical (unpaired) electrons. The van der Waals surface area contributed by atoms with Crippen molar-refractivity contribution in [2.75, 3.05) is 7.11 Å². The van der Waals surface area contributed by atoms with Crippen molar-refractivity contribution in [1.82, 2.24) is 0 Å². The van der Waals surface area contributed by atoms with Gasteiger partial charge in [0.05, 0.1) is 7.11 Å². The topological polar surface area (TPSA) is 9.23 Å². The van der Waals surface area contributed by atoms with Crippen molar-refractivity contribution in [1.29, 1.82) is 0 Å². The number of ether oxygens (including phenoxy) is 1. The Balaban J connectivity index is 2.26. The highest BCUT2D eigenvalue weighted by molar-refractivity contribution is 5.37. The van der Waals surface area contributed by atoms with E-state index in [9.17, 15) is 0 Å². The van der Waals surface area contributed by atoms with Gasteiger partial charge in [-0.15, -0.1) is 0 Å². The molecule has 0 bridgehead atoms. The number of benzene rings is 1. The minimum absolute atomic E-state index is 0.333. The molecule has 18 heavy (non-hydrogen) atoms. The minimum Gasteiger partial charge on any atom is -0.497 e. The summed E-state index contributed by atoms with van der Waals surface area (Å²) >= 11 is 0. The third-order valence-corrected chi connectivity index (χ3v) is 3.79. The molecule has 0 unspecified atom stereocenters. The van der Waals surface area contributed by atoms with Gasteiger partial charge in [0.2, 0.25) is 0 Å². The maximum absolute atomic E-state index is 5.47. The quantitative estimate of drug-likeness (QED) is 0.734. The smallest absolute Gasteiger partial charge is 0.119 e. The average molecular weight is 246 g/mol. The Morgan fingerprint density at radius 3 is 2.33 bits per heavy atom. The third-order valence-electron chi connectivity index (χ3n) is 3.79. The summed E-state index contributed by atoms with van der Waals surface area (Å²) in [6.45, 7) is 6.88. The Labute approximate surface area is 112 Å². The van der Waals surface area contributed by atoms with Crippen molar-refractivity contribution < 1.29 is 4.74 Å². The predicted molar refractivity (Wildman–Crippen MR) is 77.4 cm³/mol. The highest BCUT2D eigenvalue weighted by Crippen LogP contribution is 2.36. The van der Waals surface area contributed by atoms with Crippen LogP contribution in [-0.4, -0.2) is 7.11 Å². The van der Waals surface area contributed by atoms with Crippen LogP contribution < -0.4 is 4.74 Å². The molecule has 0 heterocycles. The van der Waals surface area contributed by atoms with Gasteiger partial charge < -0.3 is 4.74 Å². The summed E-state index contributed by atoms with van der Waals surface area (Å²) in [6.07, 6.45) is 6.58. The standard InChI is InChI=1S/C17H26O/c1-17(2,3)12-13-9-15(11-16(10-13)18-4)14-7-5-6-8-14/h9-11,14H,5-8,12H2,1-4H3. The maximum Gasteiger partial charge on any atom is 0.119 e. The summed E-state index contributed by atoms with van der Waals surface area (Å²) < 4.78 is 5.47. The molecule has 0 aliphatic heterocycles. The van der Waals surface area contributed by atoms with Crippen LogP contribution in [-0.2, 0) is 6.42 Å². The summed E-state index contributed by atoms with van der Waals surface area (Å²) in [5, 5.41) is 0. The monoisotopic (exact) mass is 246 g/mol. The van der Waals surface area contributed by atoms with Crippen LogP contribution in [0.1, 0.15) is 63.5 Å². The number of hydrogen-bond acceptors (Lipinski definition) is 1. The van der Waals surface area contributed by atoms with Crippen LogP contribution in [0.25, 0.3) is 0 Å². The molecule has 0 saturated heterocycles. The Kier molecular flexibility index (Phi) is 3.99. The highest BCUT2D eigenvalue weighted by Gasteiger charge is 2.19. The molecule has 1 aromatic carbocycles. The van der Waals surface area contributed by atoms with Crippen molar-refractivity contribution in [3.05, 3.63) is 29.3 Å². The molecule has 1 saturated carbocycles. The van der Waals surface area contributed by atoms with Crippen LogP contribution in [0, 0.1) is 5.41 Å². The lowest BCUT2D eigenvalue weighted by Crippen LogP contribution is -2.10. The summed E-state index contributed by atoms with van der Waals surface area (Å²) in [5.41, 5.74) is 3.24. The lowest BCUT2D eigenvalue weighted by molar-refractivity contribution is 0.401. The fraction of sp³-hybridized carbons (Fsp3) is 0.647. The molecule has 1 aromatic rings. The zero-order chi connectivity index (χ0) is 13.2. The van der Waals surface area contributed by atoms with E-state index >= 15 is 0 Å². The van der Waals surface area contributed by atoms with Crippen LogP contribution >= 0.6 is 0 Å². The first-order chi connectivity index (χ1) is 8.48. The van der Waals surface area contributed by atoms with Crippen molar-refractivity contribution in [2.24, 2.45) is 5.41 Å². The molecular formula is C17H26O. The van der Waals surface area contributed by atoms with Crippen molar-refractivity contribution in [3.8, 4) is 5.75 Å². The Bertz CT molecular complexity index is 395. The molecule has 1 heteroatoms. The summed E-state index contributed by atoms with van der Waals surface area (Å²) in [4.78, 5) is 0. The molecule has 0 atom stereocenters. The van der Waals surface area contributed by atoms with Gasteiger partial charge in [-0.2, -0.15) is 0 Å². The summed E-state index contributed by atoms with van der Waals surface area (Å²) in [7, 11) is 1.77. The molecule has 100 valence electrons. The number of methoxy groups -OCH3 is 1. The zero-order valence-electron chi connectivity index (χ0n) is 12.3. The van der Waals surface area contributed by atoms with Crippen molar-refractivity contribution >= 4 is 0 Å². The van der Waals surface area contributed by atoms with Gasteiger partial charge in [0.15, 0.2) is 0 Å². The Morgan fingerprint density at radius 2 is 1.78 bits per heavy atom. The lowest BCUT2D eigenvalue weighted by atomic mass is 9.86. The average Bonchev–Trinajstić information content (AvgIpc) is 2.79. The van der Waals surface area contributed by atoms with E-state index in [1.54, 1.807) is 7.11 Å². The van der Waals surface area contributed by atoms with Gasteiger partial charge in [-0.1, -0.05) is 39.7 Å². The molecular weight excluding hydrogens is 220 g/mol. The van der Waals surface area contributed by atoms with E-state index in [0.717, 1.165) is 18.1 Å². The molecule has 1 nitrogen and oxygen atoms in total. The fourth-order valence-corrected chi connectivity index (χ4v) is 3.01. The van der Waals surface area contributed by atoms with E-state index in [0.29, 0.717) is 5.41 Å². The van der Waals surface area contributed by atoms with E-state index in [1.807, 2.05) is 0 Å². The van der Waals surface area contributed by atoms with Gasteiger partial charge >= 0.3 is 0 Å². The van der Waals surface area contributed by atoms with E-state index in [1.165, 1.54) is 36.8 Å². The first-order valence-corrected chi connectivity index (χ1v) is 7.16. The Hall–Kier alpha value is -0.980. The lowest BCUT2D eigenvalue weighted by Gasteiger charge is -2.20. The van der Waals surface area contributed by atoms with Gasteiger partial charge in [-0.05, 0) is 53.9 Å². The Morgan fingerprint density at radius 1 is 1.11 bits per heavy atom. The third kappa shape index (κ3) is 3.51. The van der Waals surface area contributed by atoms with E-state index < -0.39 is 0 Å². The molecule has 1 aliphatic carbocycles. The van der Waals surface area contributed by atoms with Crippen LogP contribution in [0.2, 0.25) is 0 Å². The van der Waals surface area contributed by atoms with Crippen molar-refractivity contribution in [2.45, 2.75) is 58.8 Å². The first kappa shape index (κ1) is 13.5. The molecule has 0 amide bonds. The number of rotatable bonds is 3. The minimum atomic E-state index is 0.333. The molecule has 0 N–H and O–H groups in total. The van der Waals surface area contributed by atoms with Crippen LogP contribution in [0.15, 0.2) is 18.2 Å². The second-order valence-corrected chi connectivity index (χ2v) is 6.83. The zero-order valence-corrected chi connectivity index (χ0v) is 12.3. The first-order valence-electron chi connectivity index (χ1n) is 7.16. The molecule has 0 spiro atoms.